The minimum Gasteiger partial charge on any atom is -0.496 e. The van der Waals surface area contributed by atoms with Gasteiger partial charge in [0.15, 0.2) is 0 Å². The minimum atomic E-state index is -0.748. The average molecular weight is 286 g/mol. The van der Waals surface area contributed by atoms with Gasteiger partial charge in [0.25, 0.3) is 11.8 Å². The molecular formula is C15H14N2O4. The molecule has 1 saturated heterocycles. The molecule has 0 saturated carbocycles. The molecule has 1 fully saturated rings. The van der Waals surface area contributed by atoms with Gasteiger partial charge in [0.05, 0.1) is 7.11 Å². The Hall–Kier alpha value is -2.89. The average Bonchev–Trinajstić information content (AvgIpc) is 2.48. The van der Waals surface area contributed by atoms with Crippen LogP contribution in [-0.2, 0) is 9.59 Å². The van der Waals surface area contributed by atoms with E-state index in [0.29, 0.717) is 11.3 Å². The van der Waals surface area contributed by atoms with E-state index in [1.165, 1.54) is 19.3 Å². The molecule has 1 aliphatic rings. The standard InChI is InChI=1S/C15H14N2O4/c1-3-8-17-14(19)11(13(18)16-15(17)20)9-10-6-4-5-7-12(10)21-2/h3-7,9H,1,8H2,2H3,(H,16,18,20)/b11-9+. The van der Waals surface area contributed by atoms with Crippen molar-refractivity contribution in [3.63, 3.8) is 0 Å². The zero-order chi connectivity index (χ0) is 15.4. The van der Waals surface area contributed by atoms with Gasteiger partial charge in [-0.25, -0.2) is 4.79 Å². The number of carbonyl (C=O) groups excluding carboxylic acids is 3. The number of ether oxygens (including phenoxy) is 1. The topological polar surface area (TPSA) is 75.7 Å². The molecule has 1 heterocycles. The van der Waals surface area contributed by atoms with Crippen molar-refractivity contribution in [1.82, 2.24) is 10.2 Å². The first-order valence-electron chi connectivity index (χ1n) is 6.21. The van der Waals surface area contributed by atoms with Crippen molar-refractivity contribution in [3.8, 4) is 5.75 Å². The number of hydrogen-bond acceptors (Lipinski definition) is 4. The largest absolute Gasteiger partial charge is 0.496 e. The van der Waals surface area contributed by atoms with Crippen LogP contribution in [0.25, 0.3) is 6.08 Å². The van der Waals surface area contributed by atoms with Crippen LogP contribution in [0.3, 0.4) is 0 Å². The second-order valence-electron chi connectivity index (χ2n) is 4.26. The number of para-hydroxylation sites is 1. The molecule has 6 heteroatoms. The Bertz CT molecular complexity index is 649. The molecule has 1 N–H and O–H groups in total. The quantitative estimate of drug-likeness (QED) is 0.515. The summed E-state index contributed by atoms with van der Waals surface area (Å²) in [5.41, 5.74) is 0.451. The number of carbonyl (C=O) groups is 3. The van der Waals surface area contributed by atoms with Crippen LogP contribution in [0.5, 0.6) is 5.75 Å². The number of hydrogen-bond donors (Lipinski definition) is 1. The van der Waals surface area contributed by atoms with E-state index >= 15 is 0 Å². The number of rotatable bonds is 4. The van der Waals surface area contributed by atoms with Crippen LogP contribution in [-0.4, -0.2) is 36.4 Å². The maximum Gasteiger partial charge on any atom is 0.331 e. The Morgan fingerprint density at radius 1 is 1.29 bits per heavy atom. The summed E-state index contributed by atoms with van der Waals surface area (Å²) < 4.78 is 5.17. The van der Waals surface area contributed by atoms with Crippen molar-refractivity contribution < 1.29 is 19.1 Å². The Labute approximate surface area is 121 Å². The van der Waals surface area contributed by atoms with Crippen LogP contribution in [0, 0.1) is 0 Å². The van der Waals surface area contributed by atoms with Gasteiger partial charge in [0.2, 0.25) is 0 Å². The Morgan fingerprint density at radius 2 is 2.00 bits per heavy atom. The molecule has 6 nitrogen and oxygen atoms in total. The summed E-state index contributed by atoms with van der Waals surface area (Å²) in [6, 6.07) is 6.21. The van der Waals surface area contributed by atoms with Crippen LogP contribution in [0.15, 0.2) is 42.5 Å². The summed E-state index contributed by atoms with van der Waals surface area (Å²) in [4.78, 5) is 36.6. The van der Waals surface area contributed by atoms with Crippen molar-refractivity contribution >= 4 is 23.9 Å². The molecule has 1 aromatic rings. The molecule has 2 rings (SSSR count). The number of imide groups is 2. The van der Waals surface area contributed by atoms with E-state index in [-0.39, 0.29) is 12.1 Å². The van der Waals surface area contributed by atoms with Gasteiger partial charge in [-0.3, -0.25) is 19.8 Å². The van der Waals surface area contributed by atoms with Crippen molar-refractivity contribution in [2.45, 2.75) is 0 Å². The minimum absolute atomic E-state index is 0.0290. The Balaban J connectivity index is 2.43. The van der Waals surface area contributed by atoms with Gasteiger partial charge in [0, 0.05) is 12.1 Å². The van der Waals surface area contributed by atoms with E-state index in [1.54, 1.807) is 24.3 Å². The first-order valence-corrected chi connectivity index (χ1v) is 6.21. The monoisotopic (exact) mass is 286 g/mol. The smallest absolute Gasteiger partial charge is 0.331 e. The van der Waals surface area contributed by atoms with Gasteiger partial charge in [-0.1, -0.05) is 24.3 Å². The molecule has 0 aliphatic carbocycles. The number of methoxy groups -OCH3 is 1. The molecule has 1 aliphatic heterocycles. The maximum absolute atomic E-state index is 12.2. The fourth-order valence-corrected chi connectivity index (χ4v) is 1.93. The lowest BCUT2D eigenvalue weighted by Gasteiger charge is -2.25. The number of nitrogens with one attached hydrogen (secondary N) is 1. The zero-order valence-electron chi connectivity index (χ0n) is 11.5. The molecule has 1 aromatic carbocycles. The lowest BCUT2D eigenvalue weighted by Crippen LogP contribution is -2.54. The van der Waals surface area contributed by atoms with E-state index in [0.717, 1.165) is 4.90 Å². The summed E-state index contributed by atoms with van der Waals surface area (Å²) in [6.45, 7) is 3.51. The normalized spacial score (nSPS) is 16.9. The van der Waals surface area contributed by atoms with Gasteiger partial charge < -0.3 is 4.74 Å². The van der Waals surface area contributed by atoms with Gasteiger partial charge in [-0.2, -0.15) is 0 Å². The highest BCUT2D eigenvalue weighted by Gasteiger charge is 2.34. The molecule has 0 unspecified atom stereocenters. The number of benzene rings is 1. The van der Waals surface area contributed by atoms with Crippen LogP contribution >= 0.6 is 0 Å². The van der Waals surface area contributed by atoms with Gasteiger partial charge in [-0.15, -0.1) is 6.58 Å². The van der Waals surface area contributed by atoms with E-state index in [1.807, 2.05) is 0 Å². The number of barbiturate groups is 1. The van der Waals surface area contributed by atoms with Crippen molar-refractivity contribution in [3.05, 3.63) is 48.1 Å². The third kappa shape index (κ3) is 2.84. The second kappa shape index (κ2) is 6.04. The van der Waals surface area contributed by atoms with E-state index in [9.17, 15) is 14.4 Å². The van der Waals surface area contributed by atoms with E-state index in [4.69, 9.17) is 4.74 Å². The van der Waals surface area contributed by atoms with Gasteiger partial charge in [-0.05, 0) is 12.1 Å². The molecule has 0 atom stereocenters. The molecule has 0 aromatic heterocycles. The summed E-state index contributed by atoms with van der Waals surface area (Å²) in [5, 5.41) is 2.12. The summed E-state index contributed by atoms with van der Waals surface area (Å²) in [7, 11) is 1.49. The van der Waals surface area contributed by atoms with Gasteiger partial charge >= 0.3 is 6.03 Å². The third-order valence-corrected chi connectivity index (χ3v) is 2.94. The van der Waals surface area contributed by atoms with Crippen LogP contribution in [0.1, 0.15) is 5.56 Å². The molecule has 108 valence electrons. The highest BCUT2D eigenvalue weighted by molar-refractivity contribution is 6.31. The first-order chi connectivity index (χ1) is 10.1. The van der Waals surface area contributed by atoms with E-state index < -0.39 is 17.8 Å². The molecule has 0 radical (unpaired) electrons. The van der Waals surface area contributed by atoms with Crippen molar-refractivity contribution in [1.29, 1.82) is 0 Å². The second-order valence-corrected chi connectivity index (χ2v) is 4.26. The molecule has 4 amide bonds. The van der Waals surface area contributed by atoms with Crippen LogP contribution in [0.4, 0.5) is 4.79 Å². The lowest BCUT2D eigenvalue weighted by atomic mass is 10.1. The fourth-order valence-electron chi connectivity index (χ4n) is 1.93. The first kappa shape index (κ1) is 14.5. The van der Waals surface area contributed by atoms with Crippen molar-refractivity contribution in [2.24, 2.45) is 0 Å². The third-order valence-electron chi connectivity index (χ3n) is 2.94. The lowest BCUT2D eigenvalue weighted by molar-refractivity contribution is -0.129. The highest BCUT2D eigenvalue weighted by Crippen LogP contribution is 2.22. The molecule has 0 bridgehead atoms. The summed E-state index contributed by atoms with van der Waals surface area (Å²) in [5.74, 6) is -0.858. The highest BCUT2D eigenvalue weighted by atomic mass is 16.5. The zero-order valence-corrected chi connectivity index (χ0v) is 11.5. The van der Waals surface area contributed by atoms with Crippen molar-refractivity contribution in [2.75, 3.05) is 13.7 Å². The summed E-state index contributed by atoms with van der Waals surface area (Å²) in [6.07, 6.45) is 2.81. The van der Waals surface area contributed by atoms with Crippen LogP contribution < -0.4 is 10.1 Å². The molecule has 21 heavy (non-hydrogen) atoms. The summed E-state index contributed by atoms with van der Waals surface area (Å²) >= 11 is 0. The van der Waals surface area contributed by atoms with E-state index in [2.05, 4.69) is 11.9 Å². The predicted molar refractivity (Wildman–Crippen MR) is 76.4 cm³/mol. The van der Waals surface area contributed by atoms with Crippen LogP contribution in [0.2, 0.25) is 0 Å². The number of amides is 4. The number of urea groups is 1. The number of nitrogens with zero attached hydrogens (tertiary/aromatic N) is 1. The Morgan fingerprint density at radius 3 is 2.67 bits per heavy atom. The molecular weight excluding hydrogens is 272 g/mol. The fraction of sp³-hybridized carbons (Fsp3) is 0.133. The predicted octanol–water partition coefficient (Wildman–Crippen LogP) is 1.34. The molecule has 0 spiro atoms. The Kier molecular flexibility index (Phi) is 4.18. The maximum atomic E-state index is 12.2. The SMILES string of the molecule is C=CCN1C(=O)NC(=O)/C(=C\c2ccccc2OC)C1=O. The van der Waals surface area contributed by atoms with Gasteiger partial charge in [0.1, 0.15) is 11.3 Å².